The SMILES string of the molecule is COc1cc(OC)c(OC)cc1C=CC(=O)NCCN1c2ccccc2CC1C. The van der Waals surface area contributed by atoms with Crippen molar-refractivity contribution in [3.05, 3.63) is 53.6 Å². The first-order valence-electron chi connectivity index (χ1n) is 9.67. The van der Waals surface area contributed by atoms with Crippen LogP contribution in [0.3, 0.4) is 0 Å². The Balaban J connectivity index is 1.59. The lowest BCUT2D eigenvalue weighted by Gasteiger charge is -2.24. The molecule has 1 aliphatic heterocycles. The number of ether oxygens (including phenoxy) is 3. The third-order valence-electron chi connectivity index (χ3n) is 5.15. The molecule has 6 nitrogen and oxygen atoms in total. The summed E-state index contributed by atoms with van der Waals surface area (Å²) in [6.07, 6.45) is 4.26. The molecule has 0 aromatic heterocycles. The van der Waals surface area contributed by atoms with Gasteiger partial charge in [-0.1, -0.05) is 18.2 Å². The molecule has 0 spiro atoms. The second-order valence-electron chi connectivity index (χ2n) is 6.95. The molecule has 1 heterocycles. The van der Waals surface area contributed by atoms with Crippen LogP contribution in [0.4, 0.5) is 5.69 Å². The highest BCUT2D eigenvalue weighted by molar-refractivity contribution is 5.92. The van der Waals surface area contributed by atoms with Crippen LogP contribution in [0.1, 0.15) is 18.1 Å². The molecule has 1 aliphatic rings. The highest BCUT2D eigenvalue weighted by Crippen LogP contribution is 2.35. The van der Waals surface area contributed by atoms with Crippen molar-refractivity contribution in [3.8, 4) is 17.2 Å². The van der Waals surface area contributed by atoms with Gasteiger partial charge in [-0.2, -0.15) is 0 Å². The third-order valence-corrected chi connectivity index (χ3v) is 5.15. The number of hydrogen-bond donors (Lipinski definition) is 1. The van der Waals surface area contributed by atoms with Gasteiger partial charge in [-0.3, -0.25) is 4.79 Å². The number of anilines is 1. The van der Waals surface area contributed by atoms with Crippen LogP contribution in [0.25, 0.3) is 6.08 Å². The average Bonchev–Trinajstić information content (AvgIpc) is 3.06. The van der Waals surface area contributed by atoms with E-state index >= 15 is 0 Å². The van der Waals surface area contributed by atoms with Gasteiger partial charge < -0.3 is 24.4 Å². The summed E-state index contributed by atoms with van der Waals surface area (Å²) in [5.74, 6) is 1.61. The molecule has 154 valence electrons. The molecule has 0 saturated carbocycles. The number of nitrogens with zero attached hydrogens (tertiary/aromatic N) is 1. The van der Waals surface area contributed by atoms with Gasteiger partial charge in [0.25, 0.3) is 0 Å². The highest BCUT2D eigenvalue weighted by atomic mass is 16.5. The molecule has 29 heavy (non-hydrogen) atoms. The minimum absolute atomic E-state index is 0.151. The Bertz CT molecular complexity index is 894. The fraction of sp³-hybridized carbons (Fsp3) is 0.348. The Morgan fingerprint density at radius 2 is 1.79 bits per heavy atom. The number of hydrogen-bond acceptors (Lipinski definition) is 5. The van der Waals surface area contributed by atoms with E-state index in [0.717, 1.165) is 18.5 Å². The molecule has 1 amide bonds. The lowest BCUT2D eigenvalue weighted by molar-refractivity contribution is -0.116. The summed E-state index contributed by atoms with van der Waals surface area (Å²) in [7, 11) is 4.72. The Morgan fingerprint density at radius 1 is 1.10 bits per heavy atom. The first-order valence-corrected chi connectivity index (χ1v) is 9.67. The largest absolute Gasteiger partial charge is 0.496 e. The van der Waals surface area contributed by atoms with Crippen molar-refractivity contribution in [2.24, 2.45) is 0 Å². The molecule has 3 rings (SSSR count). The molecule has 6 heteroatoms. The Kier molecular flexibility index (Phi) is 6.65. The van der Waals surface area contributed by atoms with E-state index < -0.39 is 0 Å². The lowest BCUT2D eigenvalue weighted by atomic mass is 10.1. The minimum Gasteiger partial charge on any atom is -0.496 e. The van der Waals surface area contributed by atoms with Crippen LogP contribution in [-0.2, 0) is 11.2 Å². The number of nitrogens with one attached hydrogen (secondary N) is 1. The molecule has 0 radical (unpaired) electrons. The predicted octanol–water partition coefficient (Wildman–Crippen LogP) is 3.29. The van der Waals surface area contributed by atoms with Gasteiger partial charge >= 0.3 is 0 Å². The van der Waals surface area contributed by atoms with E-state index in [4.69, 9.17) is 14.2 Å². The predicted molar refractivity (Wildman–Crippen MR) is 115 cm³/mol. The van der Waals surface area contributed by atoms with E-state index in [2.05, 4.69) is 41.4 Å². The molecule has 0 saturated heterocycles. The molecule has 1 unspecified atom stereocenters. The van der Waals surface area contributed by atoms with Crippen LogP contribution in [0.15, 0.2) is 42.5 Å². The zero-order chi connectivity index (χ0) is 20.8. The summed E-state index contributed by atoms with van der Waals surface area (Å²) in [6, 6.07) is 12.4. The van der Waals surface area contributed by atoms with Crippen LogP contribution in [0.2, 0.25) is 0 Å². The smallest absolute Gasteiger partial charge is 0.244 e. The fourth-order valence-electron chi connectivity index (χ4n) is 3.68. The maximum atomic E-state index is 12.3. The summed E-state index contributed by atoms with van der Waals surface area (Å²) < 4.78 is 16.0. The summed E-state index contributed by atoms with van der Waals surface area (Å²) in [5.41, 5.74) is 3.37. The van der Waals surface area contributed by atoms with E-state index in [9.17, 15) is 4.79 Å². The zero-order valence-electron chi connectivity index (χ0n) is 17.4. The second-order valence-corrected chi connectivity index (χ2v) is 6.95. The van der Waals surface area contributed by atoms with Crippen LogP contribution >= 0.6 is 0 Å². The summed E-state index contributed by atoms with van der Waals surface area (Å²) in [4.78, 5) is 14.6. The van der Waals surface area contributed by atoms with Gasteiger partial charge in [0.2, 0.25) is 5.91 Å². The molecule has 1 N–H and O–H groups in total. The Morgan fingerprint density at radius 3 is 2.52 bits per heavy atom. The van der Waals surface area contributed by atoms with E-state index in [1.807, 2.05) is 0 Å². The molecule has 0 bridgehead atoms. The Labute approximate surface area is 172 Å². The van der Waals surface area contributed by atoms with Crippen molar-refractivity contribution in [2.45, 2.75) is 19.4 Å². The monoisotopic (exact) mass is 396 g/mol. The number of benzene rings is 2. The van der Waals surface area contributed by atoms with Crippen molar-refractivity contribution in [3.63, 3.8) is 0 Å². The maximum absolute atomic E-state index is 12.3. The normalized spacial score (nSPS) is 15.3. The number of fused-ring (bicyclic) bond motifs is 1. The van der Waals surface area contributed by atoms with Gasteiger partial charge in [-0.25, -0.2) is 0 Å². The lowest BCUT2D eigenvalue weighted by Crippen LogP contribution is -2.37. The molecule has 0 aliphatic carbocycles. The van der Waals surface area contributed by atoms with Crippen LogP contribution in [0.5, 0.6) is 17.2 Å². The van der Waals surface area contributed by atoms with Crippen molar-refractivity contribution in [1.82, 2.24) is 5.32 Å². The van der Waals surface area contributed by atoms with Gasteiger partial charge in [0, 0.05) is 42.5 Å². The zero-order valence-corrected chi connectivity index (χ0v) is 17.4. The van der Waals surface area contributed by atoms with Gasteiger partial charge in [-0.15, -0.1) is 0 Å². The standard InChI is InChI=1S/C23H28N2O4/c1-16-13-17-7-5-6-8-19(17)25(16)12-11-24-23(26)10-9-18-14-21(28-3)22(29-4)15-20(18)27-2/h5-10,14-16H,11-13H2,1-4H3,(H,24,26). The summed E-state index contributed by atoms with van der Waals surface area (Å²) in [6.45, 7) is 3.56. The fourth-order valence-corrected chi connectivity index (χ4v) is 3.68. The van der Waals surface area contributed by atoms with Crippen molar-refractivity contribution >= 4 is 17.7 Å². The van der Waals surface area contributed by atoms with Crippen molar-refractivity contribution < 1.29 is 19.0 Å². The highest BCUT2D eigenvalue weighted by Gasteiger charge is 2.24. The van der Waals surface area contributed by atoms with Crippen LogP contribution in [-0.4, -0.2) is 46.4 Å². The number of carbonyl (C=O) groups is 1. The molecule has 2 aromatic rings. The third kappa shape index (κ3) is 4.65. The molecular formula is C23H28N2O4. The molecule has 1 atom stereocenters. The number of para-hydroxylation sites is 1. The van der Waals surface area contributed by atoms with Crippen molar-refractivity contribution in [1.29, 1.82) is 0 Å². The quantitative estimate of drug-likeness (QED) is 0.694. The molecular weight excluding hydrogens is 368 g/mol. The summed E-state index contributed by atoms with van der Waals surface area (Å²) in [5, 5.41) is 2.96. The van der Waals surface area contributed by atoms with Crippen LogP contribution < -0.4 is 24.4 Å². The number of carbonyl (C=O) groups excluding carboxylic acids is 1. The number of amides is 1. The van der Waals surface area contributed by atoms with E-state index in [0.29, 0.717) is 29.8 Å². The number of rotatable bonds is 8. The van der Waals surface area contributed by atoms with E-state index in [-0.39, 0.29) is 5.91 Å². The first kappa shape index (κ1) is 20.6. The van der Waals surface area contributed by atoms with Crippen molar-refractivity contribution in [2.75, 3.05) is 39.3 Å². The topological polar surface area (TPSA) is 60.0 Å². The maximum Gasteiger partial charge on any atom is 0.244 e. The molecule has 0 fully saturated rings. The first-order chi connectivity index (χ1) is 14.1. The second kappa shape index (κ2) is 9.37. The number of methoxy groups -OCH3 is 3. The molecule has 2 aromatic carbocycles. The average molecular weight is 396 g/mol. The van der Waals surface area contributed by atoms with Gasteiger partial charge in [0.1, 0.15) is 5.75 Å². The Hall–Kier alpha value is -3.15. The van der Waals surface area contributed by atoms with Crippen LogP contribution in [0, 0.1) is 0 Å². The summed E-state index contributed by atoms with van der Waals surface area (Å²) >= 11 is 0. The van der Waals surface area contributed by atoms with E-state index in [1.54, 1.807) is 39.5 Å². The van der Waals surface area contributed by atoms with Gasteiger partial charge in [-0.05, 0) is 37.1 Å². The van der Waals surface area contributed by atoms with E-state index in [1.165, 1.54) is 17.3 Å². The van der Waals surface area contributed by atoms with Gasteiger partial charge in [0.05, 0.1) is 21.3 Å². The minimum atomic E-state index is -0.151. The van der Waals surface area contributed by atoms with Gasteiger partial charge in [0.15, 0.2) is 11.5 Å².